The van der Waals surface area contributed by atoms with Gasteiger partial charge >= 0.3 is 0 Å². The first-order valence-electron chi connectivity index (χ1n) is 5.93. The smallest absolute Gasteiger partial charge is 0.233 e. The van der Waals surface area contributed by atoms with Gasteiger partial charge in [-0.15, -0.1) is 11.3 Å². The Morgan fingerprint density at radius 3 is 2.72 bits per heavy atom. The van der Waals surface area contributed by atoms with Crippen molar-refractivity contribution in [2.24, 2.45) is 5.73 Å². The van der Waals surface area contributed by atoms with E-state index < -0.39 is 0 Å². The average Bonchev–Trinajstić information content (AvgIpc) is 2.73. The van der Waals surface area contributed by atoms with Crippen LogP contribution in [0.15, 0.2) is 15.9 Å². The highest BCUT2D eigenvalue weighted by atomic mass is 79.9. The van der Waals surface area contributed by atoms with E-state index in [-0.39, 0.29) is 18.0 Å². The Labute approximate surface area is 121 Å². The zero-order valence-corrected chi connectivity index (χ0v) is 13.3. The highest BCUT2D eigenvalue weighted by molar-refractivity contribution is 9.10. The van der Waals surface area contributed by atoms with E-state index in [0.29, 0.717) is 6.54 Å². The summed E-state index contributed by atoms with van der Waals surface area (Å²) in [6.45, 7) is 5.18. The third-order valence-electron chi connectivity index (χ3n) is 2.80. The van der Waals surface area contributed by atoms with Crippen LogP contribution in [0, 0.1) is 0 Å². The van der Waals surface area contributed by atoms with Crippen molar-refractivity contribution in [2.45, 2.75) is 25.9 Å². The van der Waals surface area contributed by atoms with Crippen LogP contribution in [0.4, 0.5) is 0 Å². The molecule has 0 fully saturated rings. The first-order chi connectivity index (χ1) is 8.49. The van der Waals surface area contributed by atoms with Crippen LogP contribution in [0.1, 0.15) is 24.8 Å². The molecule has 0 spiro atoms. The van der Waals surface area contributed by atoms with Crippen LogP contribution in [-0.4, -0.2) is 37.0 Å². The Kier molecular flexibility index (Phi) is 6.28. The molecule has 18 heavy (non-hydrogen) atoms. The summed E-state index contributed by atoms with van der Waals surface area (Å²) in [7, 11) is 1.65. The van der Waals surface area contributed by atoms with Crippen molar-refractivity contribution in [3.05, 3.63) is 20.8 Å². The van der Waals surface area contributed by atoms with Gasteiger partial charge in [-0.3, -0.25) is 9.69 Å². The van der Waals surface area contributed by atoms with E-state index >= 15 is 0 Å². The molecule has 0 bridgehead atoms. The second-order valence-electron chi connectivity index (χ2n) is 4.21. The molecule has 4 nitrogen and oxygen atoms in total. The zero-order chi connectivity index (χ0) is 13.7. The van der Waals surface area contributed by atoms with Crippen LogP contribution in [0.3, 0.4) is 0 Å². The summed E-state index contributed by atoms with van der Waals surface area (Å²) in [5.74, 6) is 0.0121. The summed E-state index contributed by atoms with van der Waals surface area (Å²) in [6.07, 6.45) is 0. The molecular weight excluding hydrogens is 314 g/mol. The molecule has 2 unspecified atom stereocenters. The minimum atomic E-state index is -0.0276. The SMILES string of the molecule is CCN(CC(=O)NC)C(c1cc(Br)cs1)C(C)N. The van der Waals surface area contributed by atoms with Gasteiger partial charge in [-0.25, -0.2) is 0 Å². The van der Waals surface area contributed by atoms with Gasteiger partial charge in [0.25, 0.3) is 0 Å². The Balaban J connectivity index is 2.91. The Morgan fingerprint density at radius 2 is 2.33 bits per heavy atom. The molecule has 1 heterocycles. The molecular formula is C12H20BrN3OS. The van der Waals surface area contributed by atoms with Crippen molar-refractivity contribution in [2.75, 3.05) is 20.1 Å². The first kappa shape index (κ1) is 15.6. The number of carbonyl (C=O) groups is 1. The molecule has 0 radical (unpaired) electrons. The molecule has 0 aliphatic heterocycles. The number of likely N-dealkylation sites (N-methyl/N-ethyl adjacent to an activating group) is 2. The van der Waals surface area contributed by atoms with Crippen molar-refractivity contribution in [3.8, 4) is 0 Å². The van der Waals surface area contributed by atoms with E-state index in [9.17, 15) is 4.79 Å². The van der Waals surface area contributed by atoms with Gasteiger partial charge in [-0.1, -0.05) is 6.92 Å². The standard InChI is InChI=1S/C12H20BrN3OS/c1-4-16(6-11(17)15-3)12(8(2)14)10-5-9(13)7-18-10/h5,7-8,12H,4,6,14H2,1-3H3,(H,15,17). The van der Waals surface area contributed by atoms with Crippen molar-refractivity contribution in [3.63, 3.8) is 0 Å². The Bertz CT molecular complexity index is 394. The highest BCUT2D eigenvalue weighted by Crippen LogP contribution is 2.31. The maximum absolute atomic E-state index is 11.5. The fraction of sp³-hybridized carbons (Fsp3) is 0.583. The molecule has 1 amide bonds. The number of nitrogens with one attached hydrogen (secondary N) is 1. The molecule has 0 aromatic carbocycles. The first-order valence-corrected chi connectivity index (χ1v) is 7.61. The van der Waals surface area contributed by atoms with Gasteiger partial charge in [0.2, 0.25) is 5.91 Å². The summed E-state index contributed by atoms with van der Waals surface area (Å²) < 4.78 is 1.06. The van der Waals surface area contributed by atoms with Gasteiger partial charge < -0.3 is 11.1 Å². The predicted octanol–water partition coefficient (Wildman–Crippen LogP) is 1.97. The van der Waals surface area contributed by atoms with E-state index in [4.69, 9.17) is 5.73 Å². The second-order valence-corrected chi connectivity index (χ2v) is 6.07. The average molecular weight is 334 g/mol. The normalized spacial score (nSPS) is 14.6. The molecule has 6 heteroatoms. The van der Waals surface area contributed by atoms with E-state index in [1.165, 1.54) is 4.88 Å². The third kappa shape index (κ3) is 4.05. The summed E-state index contributed by atoms with van der Waals surface area (Å²) in [5.41, 5.74) is 6.09. The van der Waals surface area contributed by atoms with Crippen LogP contribution < -0.4 is 11.1 Å². The lowest BCUT2D eigenvalue weighted by atomic mass is 10.1. The van der Waals surface area contributed by atoms with Gasteiger partial charge in [0.15, 0.2) is 0 Å². The van der Waals surface area contributed by atoms with Gasteiger partial charge in [0, 0.05) is 27.8 Å². The Morgan fingerprint density at radius 1 is 1.67 bits per heavy atom. The Hall–Kier alpha value is -0.430. The predicted molar refractivity (Wildman–Crippen MR) is 79.7 cm³/mol. The molecule has 0 aliphatic rings. The van der Waals surface area contributed by atoms with E-state index in [1.54, 1.807) is 18.4 Å². The monoisotopic (exact) mass is 333 g/mol. The highest BCUT2D eigenvalue weighted by Gasteiger charge is 2.25. The van der Waals surface area contributed by atoms with Gasteiger partial charge in [-0.2, -0.15) is 0 Å². The molecule has 102 valence electrons. The molecule has 0 saturated carbocycles. The quantitative estimate of drug-likeness (QED) is 0.836. The van der Waals surface area contributed by atoms with Crippen molar-refractivity contribution >= 4 is 33.2 Å². The van der Waals surface area contributed by atoms with E-state index in [1.807, 2.05) is 19.2 Å². The number of hydrogen-bond donors (Lipinski definition) is 2. The second kappa shape index (κ2) is 7.23. The van der Waals surface area contributed by atoms with Gasteiger partial charge in [0.1, 0.15) is 0 Å². The van der Waals surface area contributed by atoms with Crippen LogP contribution in [0.5, 0.6) is 0 Å². The lowest BCUT2D eigenvalue weighted by Gasteiger charge is -2.32. The molecule has 0 aliphatic carbocycles. The zero-order valence-electron chi connectivity index (χ0n) is 10.9. The lowest BCUT2D eigenvalue weighted by Crippen LogP contribution is -2.43. The number of nitrogens with zero attached hydrogens (tertiary/aromatic N) is 1. The molecule has 0 saturated heterocycles. The lowest BCUT2D eigenvalue weighted by molar-refractivity contribution is -0.122. The summed E-state index contributed by atoms with van der Waals surface area (Å²) in [5, 5.41) is 4.69. The summed E-state index contributed by atoms with van der Waals surface area (Å²) in [4.78, 5) is 14.8. The maximum atomic E-state index is 11.5. The van der Waals surface area contributed by atoms with E-state index in [2.05, 4.69) is 32.2 Å². The number of rotatable bonds is 6. The molecule has 2 atom stereocenters. The number of nitrogens with two attached hydrogens (primary N) is 1. The minimum Gasteiger partial charge on any atom is -0.358 e. The molecule has 1 aromatic rings. The largest absolute Gasteiger partial charge is 0.358 e. The topological polar surface area (TPSA) is 58.4 Å². The van der Waals surface area contributed by atoms with Crippen LogP contribution in [0.25, 0.3) is 0 Å². The van der Waals surface area contributed by atoms with E-state index in [0.717, 1.165) is 11.0 Å². The summed E-state index contributed by atoms with van der Waals surface area (Å²) >= 11 is 5.12. The number of halogens is 1. The molecule has 1 rings (SSSR count). The van der Waals surface area contributed by atoms with Gasteiger partial charge in [-0.05, 0) is 35.5 Å². The summed E-state index contributed by atoms with van der Waals surface area (Å²) in [6, 6.07) is 2.12. The minimum absolute atomic E-state index is 0.0121. The third-order valence-corrected chi connectivity index (χ3v) is 4.57. The number of thiophene rings is 1. The van der Waals surface area contributed by atoms with Crippen LogP contribution >= 0.6 is 27.3 Å². The van der Waals surface area contributed by atoms with Crippen LogP contribution in [0.2, 0.25) is 0 Å². The number of hydrogen-bond acceptors (Lipinski definition) is 4. The maximum Gasteiger partial charge on any atom is 0.233 e. The van der Waals surface area contributed by atoms with Crippen molar-refractivity contribution in [1.82, 2.24) is 10.2 Å². The van der Waals surface area contributed by atoms with Crippen molar-refractivity contribution < 1.29 is 4.79 Å². The number of amides is 1. The fourth-order valence-corrected chi connectivity index (χ4v) is 3.62. The molecule has 1 aromatic heterocycles. The van der Waals surface area contributed by atoms with Crippen molar-refractivity contribution in [1.29, 1.82) is 0 Å². The molecule has 3 N–H and O–H groups in total. The number of carbonyl (C=O) groups excluding carboxylic acids is 1. The van der Waals surface area contributed by atoms with Gasteiger partial charge in [0.05, 0.1) is 12.6 Å². The fourth-order valence-electron chi connectivity index (χ4n) is 1.93. The van der Waals surface area contributed by atoms with Crippen LogP contribution in [-0.2, 0) is 4.79 Å².